The molecule has 0 saturated heterocycles. The molecule has 0 aliphatic heterocycles. The first-order valence-electron chi connectivity index (χ1n) is 9.84. The van der Waals surface area contributed by atoms with Gasteiger partial charge in [-0.1, -0.05) is 32.9 Å². The summed E-state index contributed by atoms with van der Waals surface area (Å²) in [6.07, 6.45) is 0.901. The summed E-state index contributed by atoms with van der Waals surface area (Å²) >= 11 is 0. The normalized spacial score (nSPS) is 12.6. The largest absolute Gasteiger partial charge is 0.350 e. The van der Waals surface area contributed by atoms with Crippen LogP contribution in [-0.2, 0) is 25.7 Å². The lowest BCUT2D eigenvalue weighted by molar-refractivity contribution is -0.133. The summed E-state index contributed by atoms with van der Waals surface area (Å²) in [4.78, 5) is 48.6. The SMILES string of the molecule is CC[C@H](NC(=O)C(C)C)C(=O)N[C@@H](CCC(=O)C=N)C(=O)NCc1ccc(F)cc1. The van der Waals surface area contributed by atoms with Crippen molar-refractivity contribution in [3.05, 3.63) is 35.6 Å². The Balaban J connectivity index is 2.81. The van der Waals surface area contributed by atoms with Gasteiger partial charge in [0.2, 0.25) is 17.7 Å². The molecule has 9 heteroatoms. The molecule has 0 fully saturated rings. The summed E-state index contributed by atoms with van der Waals surface area (Å²) < 4.78 is 13.0. The average Bonchev–Trinajstić information content (AvgIpc) is 2.73. The molecule has 0 saturated carbocycles. The predicted octanol–water partition coefficient (Wildman–Crippen LogP) is 1.48. The number of carbonyl (C=O) groups excluding carboxylic acids is 4. The van der Waals surface area contributed by atoms with E-state index in [4.69, 9.17) is 5.41 Å². The molecule has 1 rings (SSSR count). The molecular weight excluding hydrogens is 391 g/mol. The fourth-order valence-electron chi connectivity index (χ4n) is 2.51. The molecule has 30 heavy (non-hydrogen) atoms. The van der Waals surface area contributed by atoms with Gasteiger partial charge in [-0.15, -0.1) is 0 Å². The van der Waals surface area contributed by atoms with E-state index in [1.165, 1.54) is 24.3 Å². The first kappa shape index (κ1) is 24.9. The number of rotatable bonds is 12. The lowest BCUT2D eigenvalue weighted by atomic mass is 10.1. The van der Waals surface area contributed by atoms with Crippen LogP contribution in [-0.4, -0.2) is 41.8 Å². The van der Waals surface area contributed by atoms with Crippen molar-refractivity contribution < 1.29 is 23.6 Å². The molecule has 1 aromatic carbocycles. The van der Waals surface area contributed by atoms with Gasteiger partial charge in [0, 0.05) is 18.9 Å². The summed E-state index contributed by atoms with van der Waals surface area (Å²) in [5.74, 6) is -2.50. The van der Waals surface area contributed by atoms with Crippen molar-refractivity contribution >= 4 is 29.7 Å². The van der Waals surface area contributed by atoms with Crippen molar-refractivity contribution in [2.24, 2.45) is 5.92 Å². The van der Waals surface area contributed by atoms with Gasteiger partial charge >= 0.3 is 0 Å². The van der Waals surface area contributed by atoms with E-state index in [9.17, 15) is 23.6 Å². The maximum absolute atomic E-state index is 13.0. The Bertz CT molecular complexity index is 765. The van der Waals surface area contributed by atoms with Gasteiger partial charge in [-0.25, -0.2) is 4.39 Å². The van der Waals surface area contributed by atoms with Crippen LogP contribution in [0.25, 0.3) is 0 Å². The molecule has 0 unspecified atom stereocenters. The number of benzene rings is 1. The van der Waals surface area contributed by atoms with Crippen molar-refractivity contribution in [3.63, 3.8) is 0 Å². The van der Waals surface area contributed by atoms with Crippen LogP contribution >= 0.6 is 0 Å². The summed E-state index contributed by atoms with van der Waals surface area (Å²) in [5.41, 5.74) is 0.668. The van der Waals surface area contributed by atoms with Crippen LogP contribution in [0.4, 0.5) is 4.39 Å². The van der Waals surface area contributed by atoms with Crippen LogP contribution in [0.2, 0.25) is 0 Å². The number of carbonyl (C=O) groups is 4. The number of nitrogens with one attached hydrogen (secondary N) is 4. The standard InChI is InChI=1S/C21H29FN4O4/c1-4-17(25-19(28)13(2)3)21(30)26-18(10-9-16(27)11-23)20(29)24-12-14-5-7-15(22)8-6-14/h5-8,11,13,17-18,23H,4,9-10,12H2,1-3H3,(H,24,29)(H,25,28)(H,26,30)/t17-,18-/m0/s1. The van der Waals surface area contributed by atoms with Crippen molar-refractivity contribution in [3.8, 4) is 0 Å². The van der Waals surface area contributed by atoms with Gasteiger partial charge in [0.25, 0.3) is 0 Å². The third-order valence-corrected chi connectivity index (χ3v) is 4.42. The zero-order chi connectivity index (χ0) is 22.7. The molecule has 0 aliphatic rings. The van der Waals surface area contributed by atoms with Crippen molar-refractivity contribution in [1.82, 2.24) is 16.0 Å². The van der Waals surface area contributed by atoms with Gasteiger partial charge in [-0.05, 0) is 30.5 Å². The van der Waals surface area contributed by atoms with E-state index in [1.54, 1.807) is 20.8 Å². The highest BCUT2D eigenvalue weighted by Crippen LogP contribution is 2.05. The first-order valence-corrected chi connectivity index (χ1v) is 9.84. The maximum atomic E-state index is 13.0. The van der Waals surface area contributed by atoms with E-state index in [2.05, 4.69) is 16.0 Å². The van der Waals surface area contributed by atoms with Gasteiger partial charge < -0.3 is 21.4 Å². The third-order valence-electron chi connectivity index (χ3n) is 4.42. The Morgan fingerprint density at radius 2 is 1.60 bits per heavy atom. The number of halogens is 1. The summed E-state index contributed by atoms with van der Waals surface area (Å²) in [6, 6.07) is 3.75. The molecule has 1 aromatic rings. The van der Waals surface area contributed by atoms with E-state index in [0.717, 1.165) is 0 Å². The highest BCUT2D eigenvalue weighted by Gasteiger charge is 2.26. The maximum Gasteiger partial charge on any atom is 0.243 e. The van der Waals surface area contributed by atoms with E-state index >= 15 is 0 Å². The van der Waals surface area contributed by atoms with E-state index in [-0.39, 0.29) is 31.2 Å². The van der Waals surface area contributed by atoms with Crippen LogP contribution in [0, 0.1) is 17.1 Å². The molecule has 0 radical (unpaired) electrons. The number of hydrogen-bond donors (Lipinski definition) is 4. The zero-order valence-electron chi connectivity index (χ0n) is 17.5. The van der Waals surface area contributed by atoms with E-state index < -0.39 is 35.5 Å². The van der Waals surface area contributed by atoms with Gasteiger partial charge in [0.1, 0.15) is 17.9 Å². The molecule has 0 aliphatic carbocycles. The van der Waals surface area contributed by atoms with Crippen LogP contribution in [0.3, 0.4) is 0 Å². The molecule has 0 aromatic heterocycles. The van der Waals surface area contributed by atoms with Crippen molar-refractivity contribution in [2.45, 2.75) is 58.7 Å². The summed E-state index contributed by atoms with van der Waals surface area (Å²) in [6.45, 7) is 5.25. The van der Waals surface area contributed by atoms with Crippen molar-refractivity contribution in [1.29, 1.82) is 5.41 Å². The van der Waals surface area contributed by atoms with Crippen LogP contribution in [0.5, 0.6) is 0 Å². The minimum Gasteiger partial charge on any atom is -0.350 e. The summed E-state index contributed by atoms with van der Waals surface area (Å²) in [5, 5.41) is 14.8. The predicted molar refractivity (Wildman–Crippen MR) is 110 cm³/mol. The van der Waals surface area contributed by atoms with E-state index in [0.29, 0.717) is 18.2 Å². The minimum atomic E-state index is -1.02. The molecule has 8 nitrogen and oxygen atoms in total. The molecule has 0 heterocycles. The Labute approximate surface area is 175 Å². The van der Waals surface area contributed by atoms with Crippen molar-refractivity contribution in [2.75, 3.05) is 0 Å². The number of ketones is 1. The smallest absolute Gasteiger partial charge is 0.243 e. The van der Waals surface area contributed by atoms with Crippen LogP contribution in [0.15, 0.2) is 24.3 Å². The second-order valence-corrected chi connectivity index (χ2v) is 7.18. The van der Waals surface area contributed by atoms with Gasteiger partial charge in [-0.3, -0.25) is 19.2 Å². The molecule has 164 valence electrons. The van der Waals surface area contributed by atoms with Crippen LogP contribution in [0.1, 0.15) is 45.6 Å². The highest BCUT2D eigenvalue weighted by atomic mass is 19.1. The Kier molecular flexibility index (Phi) is 10.4. The second-order valence-electron chi connectivity index (χ2n) is 7.18. The lowest BCUT2D eigenvalue weighted by Crippen LogP contribution is -2.54. The average molecular weight is 420 g/mol. The highest BCUT2D eigenvalue weighted by molar-refractivity contribution is 6.26. The zero-order valence-corrected chi connectivity index (χ0v) is 17.5. The lowest BCUT2D eigenvalue weighted by Gasteiger charge is -2.23. The minimum absolute atomic E-state index is 0.00374. The molecule has 3 amide bonds. The first-order chi connectivity index (χ1) is 14.2. The van der Waals surface area contributed by atoms with Gasteiger partial charge in [0.15, 0.2) is 5.78 Å². The molecule has 0 bridgehead atoms. The summed E-state index contributed by atoms with van der Waals surface area (Å²) in [7, 11) is 0. The molecule has 4 N–H and O–H groups in total. The quantitative estimate of drug-likeness (QED) is 0.382. The fraction of sp³-hybridized carbons (Fsp3) is 0.476. The second kappa shape index (κ2) is 12.5. The fourth-order valence-corrected chi connectivity index (χ4v) is 2.51. The Hall–Kier alpha value is -3.10. The topological polar surface area (TPSA) is 128 Å². The Morgan fingerprint density at radius 3 is 2.13 bits per heavy atom. The third kappa shape index (κ3) is 8.50. The number of amides is 3. The van der Waals surface area contributed by atoms with Crippen LogP contribution < -0.4 is 16.0 Å². The van der Waals surface area contributed by atoms with Gasteiger partial charge in [0.05, 0.1) is 6.21 Å². The Morgan fingerprint density at radius 1 is 1.00 bits per heavy atom. The number of Topliss-reactive ketones (excluding diaryl/α,β-unsaturated/α-hetero) is 1. The molecular formula is C21H29FN4O4. The van der Waals surface area contributed by atoms with Gasteiger partial charge in [-0.2, -0.15) is 0 Å². The molecule has 2 atom stereocenters. The monoisotopic (exact) mass is 420 g/mol. The molecule has 0 spiro atoms. The van der Waals surface area contributed by atoms with E-state index in [1.807, 2.05) is 0 Å². The number of hydrogen-bond acceptors (Lipinski definition) is 5.